The summed E-state index contributed by atoms with van der Waals surface area (Å²) in [5.41, 5.74) is 6.32. The molecule has 102 valence electrons. The molecule has 0 aliphatic heterocycles. The molecule has 1 aromatic heterocycles. The lowest BCUT2D eigenvalue weighted by molar-refractivity contribution is -0.119. The van der Waals surface area contributed by atoms with E-state index in [1.165, 1.54) is 7.11 Å². The first-order valence-corrected chi connectivity index (χ1v) is 5.25. The Labute approximate surface area is 112 Å². The second kappa shape index (κ2) is 7.03. The number of ether oxygens (including phenoxy) is 1. The third kappa shape index (κ3) is 3.75. The van der Waals surface area contributed by atoms with Gasteiger partial charge in [0.25, 0.3) is 0 Å². The molecule has 0 aliphatic rings. The molecule has 0 saturated heterocycles. The van der Waals surface area contributed by atoms with Crippen molar-refractivity contribution in [1.29, 1.82) is 0 Å². The maximum Gasteiger partial charge on any atom is 0.354 e. The molecule has 3 N–H and O–H groups in total. The van der Waals surface area contributed by atoms with Crippen LogP contribution in [0.15, 0.2) is 12.3 Å². The molecule has 0 aromatic carbocycles. The Hall–Kier alpha value is -1.53. The maximum absolute atomic E-state index is 11.6. The summed E-state index contributed by atoms with van der Waals surface area (Å²) >= 11 is 0. The molecule has 0 aliphatic carbocycles. The van der Waals surface area contributed by atoms with E-state index in [0.717, 1.165) is 0 Å². The SMILES string of the molecule is COC(=O)c1cc(NC(=O)C(C)CN)cn1C.Cl. The van der Waals surface area contributed by atoms with E-state index in [4.69, 9.17) is 5.73 Å². The Balaban J connectivity index is 0.00000289. The van der Waals surface area contributed by atoms with E-state index >= 15 is 0 Å². The molecular formula is C11H18ClN3O3. The Morgan fingerprint density at radius 1 is 1.56 bits per heavy atom. The number of nitrogens with one attached hydrogen (secondary N) is 1. The summed E-state index contributed by atoms with van der Waals surface area (Å²) in [6.45, 7) is 2.02. The average molecular weight is 276 g/mol. The van der Waals surface area contributed by atoms with Crippen molar-refractivity contribution in [2.75, 3.05) is 19.0 Å². The van der Waals surface area contributed by atoms with Crippen LogP contribution < -0.4 is 11.1 Å². The van der Waals surface area contributed by atoms with Crippen molar-refractivity contribution in [2.45, 2.75) is 6.92 Å². The fourth-order valence-electron chi connectivity index (χ4n) is 1.31. The lowest BCUT2D eigenvalue weighted by atomic mass is 10.2. The highest BCUT2D eigenvalue weighted by Crippen LogP contribution is 2.14. The maximum atomic E-state index is 11.6. The fraction of sp³-hybridized carbons (Fsp3) is 0.455. The number of aromatic nitrogens is 1. The number of hydrogen-bond acceptors (Lipinski definition) is 4. The number of methoxy groups -OCH3 is 1. The van der Waals surface area contributed by atoms with Gasteiger partial charge in [-0.25, -0.2) is 4.79 Å². The smallest absolute Gasteiger partial charge is 0.354 e. The monoisotopic (exact) mass is 275 g/mol. The van der Waals surface area contributed by atoms with Gasteiger partial charge in [0.15, 0.2) is 0 Å². The first-order chi connectivity index (χ1) is 7.99. The second-order valence-corrected chi connectivity index (χ2v) is 3.84. The molecule has 0 spiro atoms. The van der Waals surface area contributed by atoms with Crippen molar-refractivity contribution >= 4 is 30.0 Å². The summed E-state index contributed by atoms with van der Waals surface area (Å²) in [5.74, 6) is -0.883. The Morgan fingerprint density at radius 2 is 2.17 bits per heavy atom. The first-order valence-electron chi connectivity index (χ1n) is 5.25. The van der Waals surface area contributed by atoms with Gasteiger partial charge >= 0.3 is 5.97 Å². The van der Waals surface area contributed by atoms with Crippen LogP contribution in [0.5, 0.6) is 0 Å². The van der Waals surface area contributed by atoms with Gasteiger partial charge in [-0.2, -0.15) is 0 Å². The number of nitrogens with zero attached hydrogens (tertiary/aromatic N) is 1. The number of anilines is 1. The van der Waals surface area contributed by atoms with Crippen LogP contribution in [-0.2, 0) is 16.6 Å². The van der Waals surface area contributed by atoms with E-state index in [2.05, 4.69) is 10.1 Å². The predicted molar refractivity (Wildman–Crippen MR) is 70.8 cm³/mol. The Morgan fingerprint density at radius 3 is 2.67 bits per heavy atom. The lowest BCUT2D eigenvalue weighted by Gasteiger charge is -2.07. The van der Waals surface area contributed by atoms with Gasteiger partial charge in [-0.05, 0) is 6.07 Å². The number of halogens is 1. The summed E-state index contributed by atoms with van der Waals surface area (Å²) in [7, 11) is 3.01. The summed E-state index contributed by atoms with van der Waals surface area (Å²) in [4.78, 5) is 22.9. The number of carbonyl (C=O) groups is 2. The minimum Gasteiger partial charge on any atom is -0.464 e. The number of nitrogens with two attached hydrogens (primary N) is 1. The minimum absolute atomic E-state index is 0. The van der Waals surface area contributed by atoms with Crippen LogP contribution in [0.2, 0.25) is 0 Å². The Bertz CT molecular complexity index is 431. The van der Waals surface area contributed by atoms with E-state index < -0.39 is 5.97 Å². The molecule has 1 aromatic rings. The molecule has 0 radical (unpaired) electrons. The van der Waals surface area contributed by atoms with E-state index in [0.29, 0.717) is 11.4 Å². The highest BCUT2D eigenvalue weighted by molar-refractivity contribution is 5.95. The van der Waals surface area contributed by atoms with Gasteiger partial charge < -0.3 is 20.4 Å². The van der Waals surface area contributed by atoms with Crippen molar-refractivity contribution in [2.24, 2.45) is 18.7 Å². The van der Waals surface area contributed by atoms with Gasteiger partial charge in [-0.15, -0.1) is 12.4 Å². The van der Waals surface area contributed by atoms with Crippen LogP contribution in [0.1, 0.15) is 17.4 Å². The number of aryl methyl sites for hydroxylation is 1. The fourth-order valence-corrected chi connectivity index (χ4v) is 1.31. The summed E-state index contributed by atoms with van der Waals surface area (Å²) in [6, 6.07) is 1.56. The standard InChI is InChI=1S/C11H17N3O3.ClH/c1-7(5-12)10(15)13-8-4-9(11(16)17-3)14(2)6-8;/h4,6-7H,5,12H2,1-3H3,(H,13,15);1H. The van der Waals surface area contributed by atoms with E-state index in [9.17, 15) is 9.59 Å². The van der Waals surface area contributed by atoms with Crippen LogP contribution in [0.3, 0.4) is 0 Å². The third-order valence-electron chi connectivity index (χ3n) is 2.47. The van der Waals surface area contributed by atoms with Gasteiger partial charge in [0.05, 0.1) is 12.8 Å². The van der Waals surface area contributed by atoms with Gasteiger partial charge in [-0.1, -0.05) is 6.92 Å². The van der Waals surface area contributed by atoms with Crippen LogP contribution in [0, 0.1) is 5.92 Å². The van der Waals surface area contributed by atoms with Gasteiger partial charge in [0, 0.05) is 25.7 Å². The topological polar surface area (TPSA) is 86.3 Å². The number of esters is 1. The normalized spacial score (nSPS) is 11.3. The van der Waals surface area contributed by atoms with E-state index in [1.54, 1.807) is 30.8 Å². The zero-order chi connectivity index (χ0) is 13.0. The van der Waals surface area contributed by atoms with Crippen molar-refractivity contribution in [3.05, 3.63) is 18.0 Å². The van der Waals surface area contributed by atoms with Crippen LogP contribution in [0.25, 0.3) is 0 Å². The number of rotatable bonds is 4. The van der Waals surface area contributed by atoms with Crippen molar-refractivity contribution in [1.82, 2.24) is 4.57 Å². The highest BCUT2D eigenvalue weighted by atomic mass is 35.5. The highest BCUT2D eigenvalue weighted by Gasteiger charge is 2.15. The molecule has 1 rings (SSSR count). The van der Waals surface area contributed by atoms with Crippen molar-refractivity contribution in [3.63, 3.8) is 0 Å². The molecule has 6 nitrogen and oxygen atoms in total. The molecule has 0 bridgehead atoms. The zero-order valence-electron chi connectivity index (χ0n) is 10.6. The lowest BCUT2D eigenvalue weighted by Crippen LogP contribution is -2.26. The molecule has 0 fully saturated rings. The van der Waals surface area contributed by atoms with E-state index in [-0.39, 0.29) is 30.8 Å². The minimum atomic E-state index is -0.445. The van der Waals surface area contributed by atoms with Crippen LogP contribution in [0.4, 0.5) is 5.69 Å². The molecule has 0 saturated carbocycles. The van der Waals surface area contributed by atoms with Crippen molar-refractivity contribution in [3.8, 4) is 0 Å². The summed E-state index contributed by atoms with van der Waals surface area (Å²) in [5, 5.41) is 2.69. The Kier molecular flexibility index (Phi) is 6.43. The molecule has 18 heavy (non-hydrogen) atoms. The summed E-state index contributed by atoms with van der Waals surface area (Å²) < 4.78 is 6.20. The molecule has 1 heterocycles. The van der Waals surface area contributed by atoms with E-state index in [1.807, 2.05) is 0 Å². The van der Waals surface area contributed by atoms with Gasteiger partial charge in [0.1, 0.15) is 5.69 Å². The van der Waals surface area contributed by atoms with Gasteiger partial charge in [0.2, 0.25) is 5.91 Å². The molecule has 1 unspecified atom stereocenters. The number of carbonyl (C=O) groups excluding carboxylic acids is 2. The van der Waals surface area contributed by atoms with Crippen LogP contribution in [-0.4, -0.2) is 30.1 Å². The average Bonchev–Trinajstić information content (AvgIpc) is 2.67. The second-order valence-electron chi connectivity index (χ2n) is 3.84. The molecule has 1 atom stereocenters. The first kappa shape index (κ1) is 16.5. The zero-order valence-corrected chi connectivity index (χ0v) is 11.4. The van der Waals surface area contributed by atoms with Crippen molar-refractivity contribution < 1.29 is 14.3 Å². The van der Waals surface area contributed by atoms with Crippen LogP contribution >= 0.6 is 12.4 Å². The number of amides is 1. The molecular weight excluding hydrogens is 258 g/mol. The molecule has 1 amide bonds. The predicted octanol–water partition coefficient (Wildman–Crippen LogP) is 0.767. The number of hydrogen-bond donors (Lipinski definition) is 2. The molecule has 7 heteroatoms. The third-order valence-corrected chi connectivity index (χ3v) is 2.47. The summed E-state index contributed by atoms with van der Waals surface area (Å²) in [6.07, 6.45) is 1.65. The van der Waals surface area contributed by atoms with Gasteiger partial charge in [-0.3, -0.25) is 4.79 Å². The largest absolute Gasteiger partial charge is 0.464 e. The quantitative estimate of drug-likeness (QED) is 0.795.